The molecule has 3 atom stereocenters. The van der Waals surface area contributed by atoms with Gasteiger partial charge in [0.05, 0.1) is 19.3 Å². The van der Waals surface area contributed by atoms with Gasteiger partial charge in [-0.05, 0) is 44.9 Å². The van der Waals surface area contributed by atoms with Crippen molar-refractivity contribution in [2.45, 2.75) is 63.9 Å². The number of aliphatic hydroxyl groups is 1. The zero-order valence-electron chi connectivity index (χ0n) is 20.3. The Balaban J connectivity index is 1.35. The van der Waals surface area contributed by atoms with Crippen LogP contribution in [0.5, 0.6) is 5.75 Å². The van der Waals surface area contributed by atoms with Crippen molar-refractivity contribution in [1.82, 2.24) is 26.1 Å². The summed E-state index contributed by atoms with van der Waals surface area (Å²) in [4.78, 5) is 24.2. The highest BCUT2D eigenvalue weighted by Gasteiger charge is 2.40. The summed E-state index contributed by atoms with van der Waals surface area (Å²) in [6.45, 7) is 6.94. The van der Waals surface area contributed by atoms with Crippen LogP contribution >= 0.6 is 0 Å². The van der Waals surface area contributed by atoms with Gasteiger partial charge in [0.25, 0.3) is 5.91 Å². The number of nitrogens with zero attached hydrogens (tertiary/aromatic N) is 3. The van der Waals surface area contributed by atoms with E-state index >= 15 is 0 Å². The Hall–Kier alpha value is -2.95. The largest absolute Gasteiger partial charge is 0.497 e. The normalized spacial score (nSPS) is 22.8. The van der Waals surface area contributed by atoms with Crippen LogP contribution in [-0.2, 0) is 4.79 Å². The van der Waals surface area contributed by atoms with Crippen molar-refractivity contribution < 1.29 is 14.6 Å². The van der Waals surface area contributed by atoms with E-state index in [2.05, 4.69) is 38.4 Å². The predicted molar refractivity (Wildman–Crippen MR) is 130 cm³/mol. The Labute approximate surface area is 200 Å². The maximum Gasteiger partial charge on any atom is 0.252 e. The van der Waals surface area contributed by atoms with Crippen molar-refractivity contribution in [2.75, 3.05) is 30.4 Å². The molecule has 4 rings (SSSR count). The fourth-order valence-electron chi connectivity index (χ4n) is 4.37. The highest BCUT2D eigenvalue weighted by Crippen LogP contribution is 2.27. The summed E-state index contributed by atoms with van der Waals surface area (Å²) in [5.41, 5.74) is 6.79. The Morgan fingerprint density at radius 3 is 2.56 bits per heavy atom. The van der Waals surface area contributed by atoms with Gasteiger partial charge in [-0.2, -0.15) is 4.98 Å². The maximum atomic E-state index is 12.9. The molecule has 10 heteroatoms. The van der Waals surface area contributed by atoms with Crippen LogP contribution in [0.15, 0.2) is 30.3 Å². The van der Waals surface area contributed by atoms with E-state index < -0.39 is 5.60 Å². The molecule has 1 aromatic carbocycles. The van der Waals surface area contributed by atoms with Crippen LogP contribution in [0.3, 0.4) is 0 Å². The number of carbonyl (C=O) groups is 1. The third kappa shape index (κ3) is 5.57. The lowest BCUT2D eigenvalue weighted by Crippen LogP contribution is -2.54. The number of anilines is 2. The molecule has 1 amide bonds. The highest BCUT2D eigenvalue weighted by molar-refractivity contribution is 5.85. The van der Waals surface area contributed by atoms with E-state index in [1.54, 1.807) is 7.11 Å². The summed E-state index contributed by atoms with van der Waals surface area (Å²) < 4.78 is 5.19. The topological polar surface area (TPSA) is 124 Å². The second kappa shape index (κ2) is 10.1. The number of methoxy groups -OCH3 is 1. The molecular weight excluding hydrogens is 434 g/mol. The second-order valence-corrected chi connectivity index (χ2v) is 9.30. The van der Waals surface area contributed by atoms with E-state index in [-0.39, 0.29) is 18.1 Å². The van der Waals surface area contributed by atoms with E-state index in [4.69, 9.17) is 4.74 Å². The number of nitrogens with one attached hydrogen (secondary N) is 4. The van der Waals surface area contributed by atoms with Gasteiger partial charge >= 0.3 is 0 Å². The van der Waals surface area contributed by atoms with E-state index in [0.29, 0.717) is 37.9 Å². The molecule has 2 aliphatic rings. The first-order valence-corrected chi connectivity index (χ1v) is 11.8. The van der Waals surface area contributed by atoms with Crippen LogP contribution in [0.1, 0.15) is 50.4 Å². The van der Waals surface area contributed by atoms with E-state index in [0.717, 1.165) is 29.2 Å². The van der Waals surface area contributed by atoms with E-state index in [1.165, 1.54) is 0 Å². The number of hydrazine groups is 1. The van der Waals surface area contributed by atoms with Crippen molar-refractivity contribution in [1.29, 1.82) is 0 Å². The second-order valence-electron chi connectivity index (χ2n) is 9.30. The highest BCUT2D eigenvalue weighted by atomic mass is 16.5. The van der Waals surface area contributed by atoms with Crippen LogP contribution in [0.25, 0.3) is 0 Å². The molecule has 3 heterocycles. The average Bonchev–Trinajstić information content (AvgIpc) is 3.23. The number of ether oxygens (including phenoxy) is 1. The number of rotatable bonds is 7. The molecule has 0 aliphatic carbocycles. The Morgan fingerprint density at radius 1 is 1.24 bits per heavy atom. The predicted octanol–water partition coefficient (Wildman–Crippen LogP) is 1.63. The molecule has 2 aromatic rings. The van der Waals surface area contributed by atoms with Crippen LogP contribution in [0.2, 0.25) is 0 Å². The SMILES string of the molecule is COc1ccc([C@H](C)NC(=O)C2(O)CCN(c3nc(C)cc(NC4CC(C)NN4)n3)CC2)cc1. The lowest BCUT2D eigenvalue weighted by molar-refractivity contribution is -0.142. The van der Waals surface area contributed by atoms with Crippen molar-refractivity contribution in [3.63, 3.8) is 0 Å². The summed E-state index contributed by atoms with van der Waals surface area (Å²) in [6.07, 6.45) is 1.65. The minimum absolute atomic E-state index is 0.0972. The summed E-state index contributed by atoms with van der Waals surface area (Å²) >= 11 is 0. The van der Waals surface area contributed by atoms with Crippen molar-refractivity contribution in [2.24, 2.45) is 0 Å². The lowest BCUT2D eigenvalue weighted by atomic mass is 9.90. The molecule has 2 unspecified atom stereocenters. The summed E-state index contributed by atoms with van der Waals surface area (Å²) in [5.74, 6) is 1.77. The Morgan fingerprint density at radius 2 is 1.94 bits per heavy atom. The number of aromatic nitrogens is 2. The van der Waals surface area contributed by atoms with Gasteiger partial charge in [0.15, 0.2) is 0 Å². The molecule has 10 nitrogen and oxygen atoms in total. The molecule has 5 N–H and O–H groups in total. The van der Waals surface area contributed by atoms with Gasteiger partial charge < -0.3 is 25.4 Å². The number of hydrogen-bond donors (Lipinski definition) is 5. The van der Waals surface area contributed by atoms with Gasteiger partial charge in [-0.25, -0.2) is 10.4 Å². The fraction of sp³-hybridized carbons (Fsp3) is 0.542. The lowest BCUT2D eigenvalue weighted by Gasteiger charge is -2.37. The maximum absolute atomic E-state index is 12.9. The molecule has 0 bridgehead atoms. The average molecular weight is 470 g/mol. The van der Waals surface area contributed by atoms with Crippen LogP contribution < -0.4 is 31.1 Å². The summed E-state index contributed by atoms with van der Waals surface area (Å²) in [6, 6.07) is 9.62. The molecule has 0 radical (unpaired) electrons. The van der Waals surface area contributed by atoms with Crippen LogP contribution in [0.4, 0.5) is 11.8 Å². The summed E-state index contributed by atoms with van der Waals surface area (Å²) in [7, 11) is 1.62. The Bertz CT molecular complexity index is 993. The van der Waals surface area contributed by atoms with Gasteiger partial charge in [-0.3, -0.25) is 10.2 Å². The van der Waals surface area contributed by atoms with E-state index in [1.807, 2.05) is 49.1 Å². The number of benzene rings is 1. The third-order valence-corrected chi connectivity index (χ3v) is 6.52. The van der Waals surface area contributed by atoms with Gasteiger partial charge in [0.1, 0.15) is 17.2 Å². The minimum atomic E-state index is -1.42. The summed E-state index contributed by atoms with van der Waals surface area (Å²) in [5, 5.41) is 17.4. The standard InChI is InChI=1S/C24H35N7O3/c1-15-13-20(27-21-14-16(2)29-30-21)28-23(25-15)31-11-9-24(33,10-12-31)22(32)26-17(3)18-5-7-19(34-4)8-6-18/h5-8,13,16-17,21,29-30,33H,9-12,14H2,1-4H3,(H,26,32)(H,25,27,28)/t16?,17-,21?/m0/s1. The van der Waals surface area contributed by atoms with Crippen molar-refractivity contribution >= 4 is 17.7 Å². The number of piperidine rings is 1. The Kier molecular flexibility index (Phi) is 7.20. The molecule has 2 aliphatic heterocycles. The monoisotopic (exact) mass is 469 g/mol. The molecule has 0 saturated carbocycles. The zero-order valence-corrected chi connectivity index (χ0v) is 20.3. The molecule has 2 saturated heterocycles. The first kappa shape index (κ1) is 24.2. The van der Waals surface area contributed by atoms with Gasteiger partial charge in [0, 0.05) is 43.7 Å². The molecule has 2 fully saturated rings. The number of hydrogen-bond acceptors (Lipinski definition) is 9. The van der Waals surface area contributed by atoms with Gasteiger partial charge in [0.2, 0.25) is 5.95 Å². The molecular formula is C24H35N7O3. The molecule has 34 heavy (non-hydrogen) atoms. The zero-order chi connectivity index (χ0) is 24.3. The van der Waals surface area contributed by atoms with Crippen LogP contribution in [-0.4, -0.2) is 59.0 Å². The van der Waals surface area contributed by atoms with Crippen LogP contribution in [0, 0.1) is 6.92 Å². The quantitative estimate of drug-likeness (QED) is 0.412. The smallest absolute Gasteiger partial charge is 0.252 e. The fourth-order valence-corrected chi connectivity index (χ4v) is 4.37. The van der Waals surface area contributed by atoms with Crippen molar-refractivity contribution in [3.8, 4) is 5.75 Å². The number of aryl methyl sites for hydroxylation is 1. The molecule has 0 spiro atoms. The van der Waals surface area contributed by atoms with E-state index in [9.17, 15) is 9.90 Å². The molecule has 1 aromatic heterocycles. The van der Waals surface area contributed by atoms with Gasteiger partial charge in [-0.1, -0.05) is 12.1 Å². The molecule has 184 valence electrons. The third-order valence-electron chi connectivity index (χ3n) is 6.52. The first-order valence-electron chi connectivity index (χ1n) is 11.8. The first-order chi connectivity index (χ1) is 16.3. The van der Waals surface area contributed by atoms with Crippen molar-refractivity contribution in [3.05, 3.63) is 41.6 Å². The number of amides is 1. The number of carbonyl (C=O) groups excluding carboxylic acids is 1. The van der Waals surface area contributed by atoms with Gasteiger partial charge in [-0.15, -0.1) is 0 Å². The minimum Gasteiger partial charge on any atom is -0.497 e.